The van der Waals surface area contributed by atoms with Crippen LogP contribution in [-0.4, -0.2) is 37.2 Å². The molecule has 0 bridgehead atoms. The largest absolute Gasteiger partial charge is 0.462 e. The predicted molar refractivity (Wildman–Crippen MR) is 339 cm³/mol. The Bertz CT molecular complexity index is 1670. The molecule has 0 aromatic heterocycles. The second-order valence-electron chi connectivity index (χ2n) is 20.9. The van der Waals surface area contributed by atoms with Gasteiger partial charge in [0.05, 0.1) is 0 Å². The second-order valence-corrected chi connectivity index (χ2v) is 20.9. The molecule has 6 nitrogen and oxygen atoms in total. The Morgan fingerprint density at radius 1 is 0.269 bits per heavy atom. The summed E-state index contributed by atoms with van der Waals surface area (Å²) < 4.78 is 16.9. The van der Waals surface area contributed by atoms with Gasteiger partial charge in [-0.15, -0.1) is 0 Å². The van der Waals surface area contributed by atoms with Crippen LogP contribution in [0.25, 0.3) is 0 Å². The van der Waals surface area contributed by atoms with Gasteiger partial charge in [-0.25, -0.2) is 0 Å². The molecule has 0 amide bonds. The van der Waals surface area contributed by atoms with E-state index in [0.29, 0.717) is 19.3 Å². The molecule has 0 aliphatic heterocycles. The Labute approximate surface area is 481 Å². The number of unbranched alkanes of at least 4 members (excludes halogenated alkanes) is 24. The predicted octanol–water partition coefficient (Wildman–Crippen LogP) is 22.2. The molecular formula is C72H118O6. The van der Waals surface area contributed by atoms with E-state index >= 15 is 0 Å². The summed E-state index contributed by atoms with van der Waals surface area (Å²) in [4.78, 5) is 38.3. The molecule has 0 aromatic rings. The number of carbonyl (C=O) groups is 3. The highest BCUT2D eigenvalue weighted by Gasteiger charge is 2.19. The van der Waals surface area contributed by atoms with Crippen LogP contribution in [0.4, 0.5) is 0 Å². The molecule has 1 unspecified atom stereocenters. The van der Waals surface area contributed by atoms with E-state index in [2.05, 4.69) is 154 Å². The zero-order valence-corrected chi connectivity index (χ0v) is 50.6. The van der Waals surface area contributed by atoms with E-state index in [-0.39, 0.29) is 31.1 Å². The van der Waals surface area contributed by atoms with Gasteiger partial charge < -0.3 is 14.2 Å². The lowest BCUT2D eigenvalue weighted by atomic mass is 10.1. The van der Waals surface area contributed by atoms with Gasteiger partial charge in [0.2, 0.25) is 0 Å². The fourth-order valence-electron chi connectivity index (χ4n) is 8.65. The lowest BCUT2D eigenvalue weighted by molar-refractivity contribution is -0.167. The van der Waals surface area contributed by atoms with Crippen LogP contribution in [0.2, 0.25) is 0 Å². The molecule has 0 aliphatic rings. The monoisotopic (exact) mass is 1080 g/mol. The van der Waals surface area contributed by atoms with E-state index in [1.807, 2.05) is 0 Å². The summed E-state index contributed by atoms with van der Waals surface area (Å²) in [7, 11) is 0. The van der Waals surface area contributed by atoms with E-state index in [1.54, 1.807) is 0 Å². The molecular weight excluding hydrogens is 961 g/mol. The summed E-state index contributed by atoms with van der Waals surface area (Å²) in [5, 5.41) is 0. The maximum atomic E-state index is 12.9. The van der Waals surface area contributed by atoms with Crippen LogP contribution >= 0.6 is 0 Å². The average molecular weight is 1080 g/mol. The van der Waals surface area contributed by atoms with Gasteiger partial charge in [0.1, 0.15) is 13.2 Å². The Kier molecular flexibility index (Phi) is 61.4. The van der Waals surface area contributed by atoms with Gasteiger partial charge in [-0.3, -0.25) is 14.4 Å². The summed E-state index contributed by atoms with van der Waals surface area (Å²) in [5.41, 5.74) is 0. The third kappa shape index (κ3) is 62.4. The average Bonchev–Trinajstić information content (AvgIpc) is 3.44. The molecule has 0 N–H and O–H groups in total. The number of carbonyl (C=O) groups excluding carboxylic acids is 3. The summed E-state index contributed by atoms with van der Waals surface area (Å²) in [6, 6.07) is 0. The topological polar surface area (TPSA) is 78.9 Å². The zero-order chi connectivity index (χ0) is 56.4. The number of allylic oxidation sites excluding steroid dienone is 22. The van der Waals surface area contributed by atoms with Crippen molar-refractivity contribution in [1.29, 1.82) is 0 Å². The van der Waals surface area contributed by atoms with Gasteiger partial charge in [-0.2, -0.15) is 0 Å². The van der Waals surface area contributed by atoms with Gasteiger partial charge in [-0.05, 0) is 116 Å². The van der Waals surface area contributed by atoms with E-state index in [4.69, 9.17) is 14.2 Å². The third-order valence-corrected chi connectivity index (χ3v) is 13.4. The number of esters is 3. The van der Waals surface area contributed by atoms with Crippen molar-refractivity contribution < 1.29 is 28.6 Å². The lowest BCUT2D eigenvalue weighted by Crippen LogP contribution is -2.30. The highest BCUT2D eigenvalue weighted by atomic mass is 16.6. The maximum absolute atomic E-state index is 12.9. The van der Waals surface area contributed by atoms with Crippen molar-refractivity contribution in [3.8, 4) is 0 Å². The fourth-order valence-corrected chi connectivity index (χ4v) is 8.65. The van der Waals surface area contributed by atoms with Crippen molar-refractivity contribution in [1.82, 2.24) is 0 Å². The van der Waals surface area contributed by atoms with Crippen molar-refractivity contribution in [2.75, 3.05) is 13.2 Å². The van der Waals surface area contributed by atoms with E-state index in [9.17, 15) is 14.4 Å². The third-order valence-electron chi connectivity index (χ3n) is 13.4. The van der Waals surface area contributed by atoms with Crippen LogP contribution in [0, 0.1) is 0 Å². The zero-order valence-electron chi connectivity index (χ0n) is 50.6. The first-order chi connectivity index (χ1) is 38.5. The standard InChI is InChI=1S/C72H118O6/c1-4-7-10-13-16-19-22-24-26-28-30-32-34-36-38-40-42-44-46-48-50-53-56-59-62-65-71(74)77-68-69(67-76-70(73)64-61-58-55-52-21-18-15-12-9-6-3)78-72(75)66-63-60-57-54-51-49-47-45-43-41-39-37-35-33-31-29-27-25-23-20-17-14-11-8-5-2/h7-8,10-11,16-17,19-20,24-27,30-33,36-39,42,44,69H,4-6,9,12-15,18,21-23,28-29,34-35,40-41,43,45-68H2,1-3H3/b10-7-,11-8-,19-16-,20-17-,26-24-,27-25-,32-30-,33-31-,38-36-,39-37-,44-42-. The van der Waals surface area contributed by atoms with Gasteiger partial charge in [0.25, 0.3) is 0 Å². The summed E-state index contributed by atoms with van der Waals surface area (Å²) in [6.07, 6.45) is 91.7. The van der Waals surface area contributed by atoms with Gasteiger partial charge in [0, 0.05) is 19.3 Å². The minimum atomic E-state index is -0.791. The first kappa shape index (κ1) is 73.5. The molecule has 0 saturated heterocycles. The smallest absolute Gasteiger partial charge is 0.306 e. The number of rotatable bonds is 57. The van der Waals surface area contributed by atoms with E-state index < -0.39 is 6.10 Å². The molecule has 0 fully saturated rings. The summed E-state index contributed by atoms with van der Waals surface area (Å²) in [6.45, 7) is 6.39. The molecule has 0 heterocycles. The SMILES string of the molecule is CC/C=C\C/C=C\C/C=C\C/C=C\C/C=C\C/C=C\CCCCCCCCC(=O)OCC(COC(=O)CCCCCCCCCCCC)OC(=O)CCCCCCCCCCC/C=C\C/C=C\C/C=C\C/C=C\C/C=C\CC. The molecule has 0 spiro atoms. The van der Waals surface area contributed by atoms with E-state index in [0.717, 1.165) is 148 Å². The molecule has 78 heavy (non-hydrogen) atoms. The first-order valence-electron chi connectivity index (χ1n) is 32.2. The number of hydrogen-bond donors (Lipinski definition) is 0. The van der Waals surface area contributed by atoms with Gasteiger partial charge >= 0.3 is 17.9 Å². The number of hydrogen-bond acceptors (Lipinski definition) is 6. The quantitative estimate of drug-likeness (QED) is 0.0261. The Balaban J connectivity index is 4.33. The molecule has 442 valence electrons. The molecule has 0 rings (SSSR count). The maximum Gasteiger partial charge on any atom is 0.306 e. The van der Waals surface area contributed by atoms with Crippen molar-refractivity contribution in [2.45, 2.75) is 290 Å². The van der Waals surface area contributed by atoms with Crippen molar-refractivity contribution in [2.24, 2.45) is 0 Å². The molecule has 0 aromatic carbocycles. The van der Waals surface area contributed by atoms with Crippen LogP contribution in [0.1, 0.15) is 284 Å². The van der Waals surface area contributed by atoms with Crippen LogP contribution in [0.5, 0.6) is 0 Å². The molecule has 0 radical (unpaired) electrons. The molecule has 6 heteroatoms. The normalized spacial score (nSPS) is 13.0. The first-order valence-corrected chi connectivity index (χ1v) is 32.2. The highest BCUT2D eigenvalue weighted by molar-refractivity contribution is 5.71. The van der Waals surface area contributed by atoms with Crippen LogP contribution in [0.15, 0.2) is 134 Å². The van der Waals surface area contributed by atoms with Crippen molar-refractivity contribution >= 4 is 17.9 Å². The van der Waals surface area contributed by atoms with Gasteiger partial charge in [-0.1, -0.05) is 283 Å². The highest BCUT2D eigenvalue weighted by Crippen LogP contribution is 2.15. The van der Waals surface area contributed by atoms with Crippen LogP contribution in [0.3, 0.4) is 0 Å². The Hall–Kier alpha value is -4.45. The summed E-state index contributed by atoms with van der Waals surface area (Å²) >= 11 is 0. The van der Waals surface area contributed by atoms with Crippen molar-refractivity contribution in [3.63, 3.8) is 0 Å². The van der Waals surface area contributed by atoms with E-state index in [1.165, 1.54) is 96.3 Å². The lowest BCUT2D eigenvalue weighted by Gasteiger charge is -2.18. The van der Waals surface area contributed by atoms with Crippen LogP contribution in [-0.2, 0) is 28.6 Å². The minimum absolute atomic E-state index is 0.0868. The van der Waals surface area contributed by atoms with Crippen LogP contribution < -0.4 is 0 Å². The second kappa shape index (κ2) is 65.1. The fraction of sp³-hybridized carbons (Fsp3) is 0.653. The number of ether oxygens (including phenoxy) is 3. The minimum Gasteiger partial charge on any atom is -0.462 e. The molecule has 0 aliphatic carbocycles. The summed E-state index contributed by atoms with van der Waals surface area (Å²) in [5.74, 6) is -0.907. The van der Waals surface area contributed by atoms with Crippen molar-refractivity contribution in [3.05, 3.63) is 134 Å². The molecule has 0 saturated carbocycles. The van der Waals surface area contributed by atoms with Gasteiger partial charge in [0.15, 0.2) is 6.10 Å². The Morgan fingerprint density at radius 2 is 0.500 bits per heavy atom. The Morgan fingerprint density at radius 3 is 0.782 bits per heavy atom. The molecule has 1 atom stereocenters.